The van der Waals surface area contributed by atoms with Gasteiger partial charge in [-0.05, 0) is 24.3 Å². The molecule has 6 heteroatoms. The molecule has 0 atom stereocenters. The van der Waals surface area contributed by atoms with Crippen molar-refractivity contribution in [1.82, 2.24) is 15.3 Å². The van der Waals surface area contributed by atoms with Gasteiger partial charge in [0.25, 0.3) is 0 Å². The molecule has 0 radical (unpaired) electrons. The van der Waals surface area contributed by atoms with E-state index in [2.05, 4.69) is 21.2 Å². The maximum Gasteiger partial charge on any atom is 0.231 e. The van der Waals surface area contributed by atoms with E-state index in [0.717, 1.165) is 28.1 Å². The molecular formula is C15H17N3OS2. The van der Waals surface area contributed by atoms with E-state index in [4.69, 9.17) is 6.42 Å². The maximum atomic E-state index is 12.1. The summed E-state index contributed by atoms with van der Waals surface area (Å²) in [6, 6.07) is 1.95. The molecule has 2 heterocycles. The van der Waals surface area contributed by atoms with Gasteiger partial charge in [-0.25, -0.2) is 9.97 Å². The SMILES string of the molecule is C#CC(CC)(CC)NC(=O)CSc1ncnc2ccsc12. The van der Waals surface area contributed by atoms with E-state index in [0.29, 0.717) is 5.75 Å². The van der Waals surface area contributed by atoms with Gasteiger partial charge in [0.2, 0.25) is 5.91 Å². The normalized spacial score (nSPS) is 11.3. The number of fused-ring (bicyclic) bond motifs is 1. The van der Waals surface area contributed by atoms with E-state index in [1.54, 1.807) is 11.3 Å². The number of aromatic nitrogens is 2. The Kier molecular flexibility index (Phi) is 5.21. The molecule has 110 valence electrons. The number of terminal acetylenes is 1. The lowest BCUT2D eigenvalue weighted by atomic mass is 9.94. The van der Waals surface area contributed by atoms with E-state index in [-0.39, 0.29) is 5.91 Å². The molecule has 1 amide bonds. The minimum Gasteiger partial charge on any atom is -0.339 e. The Labute approximate surface area is 132 Å². The second-order valence-corrected chi connectivity index (χ2v) is 6.46. The molecule has 0 saturated carbocycles. The lowest BCUT2D eigenvalue weighted by molar-refractivity contribution is -0.119. The van der Waals surface area contributed by atoms with Crippen LogP contribution in [-0.2, 0) is 4.79 Å². The third-order valence-electron chi connectivity index (χ3n) is 3.41. The number of amides is 1. The van der Waals surface area contributed by atoms with Gasteiger partial charge in [-0.1, -0.05) is 31.5 Å². The van der Waals surface area contributed by atoms with E-state index >= 15 is 0 Å². The lowest BCUT2D eigenvalue weighted by Gasteiger charge is -2.26. The zero-order valence-corrected chi connectivity index (χ0v) is 13.7. The van der Waals surface area contributed by atoms with Crippen molar-refractivity contribution in [2.24, 2.45) is 0 Å². The molecule has 2 aromatic rings. The molecule has 0 bridgehead atoms. The third-order valence-corrected chi connectivity index (χ3v) is 5.44. The molecule has 0 aliphatic carbocycles. The summed E-state index contributed by atoms with van der Waals surface area (Å²) in [5, 5.41) is 5.77. The van der Waals surface area contributed by atoms with Gasteiger partial charge in [-0.2, -0.15) is 0 Å². The average molecular weight is 319 g/mol. The quantitative estimate of drug-likeness (QED) is 0.505. The first-order chi connectivity index (χ1) is 10.1. The van der Waals surface area contributed by atoms with E-state index < -0.39 is 5.54 Å². The molecule has 0 spiro atoms. The molecule has 21 heavy (non-hydrogen) atoms. The Morgan fingerprint density at radius 3 is 2.90 bits per heavy atom. The highest BCUT2D eigenvalue weighted by atomic mass is 32.2. The molecule has 4 nitrogen and oxygen atoms in total. The van der Waals surface area contributed by atoms with Crippen molar-refractivity contribution in [3.05, 3.63) is 17.8 Å². The number of thiophene rings is 1. The fourth-order valence-electron chi connectivity index (χ4n) is 1.97. The number of hydrogen-bond donors (Lipinski definition) is 1. The Morgan fingerprint density at radius 1 is 1.48 bits per heavy atom. The van der Waals surface area contributed by atoms with Crippen molar-refractivity contribution in [2.45, 2.75) is 37.3 Å². The zero-order chi connectivity index (χ0) is 15.3. The van der Waals surface area contributed by atoms with Gasteiger partial charge in [0.05, 0.1) is 16.0 Å². The van der Waals surface area contributed by atoms with Crippen LogP contribution in [-0.4, -0.2) is 27.2 Å². The van der Waals surface area contributed by atoms with Crippen LogP contribution in [0, 0.1) is 12.3 Å². The molecule has 0 aromatic carbocycles. The second kappa shape index (κ2) is 6.92. The topological polar surface area (TPSA) is 54.9 Å². The summed E-state index contributed by atoms with van der Waals surface area (Å²) in [5.41, 5.74) is 0.375. The monoisotopic (exact) mass is 319 g/mol. The fraction of sp³-hybridized carbons (Fsp3) is 0.400. The summed E-state index contributed by atoms with van der Waals surface area (Å²) in [6.45, 7) is 3.97. The summed E-state index contributed by atoms with van der Waals surface area (Å²) >= 11 is 3.00. The number of nitrogens with zero attached hydrogens (tertiary/aromatic N) is 2. The van der Waals surface area contributed by atoms with Crippen molar-refractivity contribution in [3.63, 3.8) is 0 Å². The molecule has 0 unspecified atom stereocenters. The van der Waals surface area contributed by atoms with Gasteiger partial charge in [-0.3, -0.25) is 4.79 Å². The van der Waals surface area contributed by atoms with Gasteiger partial charge in [0, 0.05) is 0 Å². The Hall–Kier alpha value is -1.58. The van der Waals surface area contributed by atoms with Crippen LogP contribution in [0.5, 0.6) is 0 Å². The predicted octanol–water partition coefficient (Wildman–Crippen LogP) is 3.09. The van der Waals surface area contributed by atoms with E-state index in [1.807, 2.05) is 25.3 Å². The van der Waals surface area contributed by atoms with Crippen LogP contribution in [0.25, 0.3) is 10.2 Å². The van der Waals surface area contributed by atoms with Gasteiger partial charge in [0.15, 0.2) is 0 Å². The van der Waals surface area contributed by atoms with Crippen LogP contribution >= 0.6 is 23.1 Å². The van der Waals surface area contributed by atoms with Gasteiger partial charge in [-0.15, -0.1) is 17.8 Å². The van der Waals surface area contributed by atoms with Crippen molar-refractivity contribution in [2.75, 3.05) is 5.75 Å². The minimum atomic E-state index is -0.540. The summed E-state index contributed by atoms with van der Waals surface area (Å²) in [5.74, 6) is 2.94. The van der Waals surface area contributed by atoms with E-state index in [1.165, 1.54) is 18.1 Å². The Morgan fingerprint density at radius 2 is 2.24 bits per heavy atom. The smallest absolute Gasteiger partial charge is 0.231 e. The molecular weight excluding hydrogens is 302 g/mol. The van der Waals surface area contributed by atoms with Crippen LogP contribution in [0.4, 0.5) is 0 Å². The Bertz CT molecular complexity index is 671. The summed E-state index contributed by atoms with van der Waals surface area (Å²) in [6.07, 6.45) is 8.52. The average Bonchev–Trinajstić information content (AvgIpc) is 3.00. The highest BCUT2D eigenvalue weighted by Gasteiger charge is 2.25. The fourth-order valence-corrected chi connectivity index (χ4v) is 3.72. The van der Waals surface area contributed by atoms with Crippen LogP contribution in [0.3, 0.4) is 0 Å². The molecule has 2 aromatic heterocycles. The predicted molar refractivity (Wildman–Crippen MR) is 88.4 cm³/mol. The van der Waals surface area contributed by atoms with Crippen LogP contribution < -0.4 is 5.32 Å². The van der Waals surface area contributed by atoms with Gasteiger partial charge >= 0.3 is 0 Å². The molecule has 0 fully saturated rings. The molecule has 2 rings (SSSR count). The number of thioether (sulfide) groups is 1. The van der Waals surface area contributed by atoms with Gasteiger partial charge < -0.3 is 5.32 Å². The summed E-state index contributed by atoms with van der Waals surface area (Å²) in [4.78, 5) is 20.6. The lowest BCUT2D eigenvalue weighted by Crippen LogP contribution is -2.47. The number of rotatable bonds is 6. The van der Waals surface area contributed by atoms with Crippen molar-refractivity contribution in [3.8, 4) is 12.3 Å². The third kappa shape index (κ3) is 3.55. The Balaban J connectivity index is 2.02. The number of hydrogen-bond acceptors (Lipinski definition) is 5. The first-order valence-corrected chi connectivity index (χ1v) is 8.60. The second-order valence-electron chi connectivity index (χ2n) is 4.58. The zero-order valence-electron chi connectivity index (χ0n) is 12.0. The molecule has 0 saturated heterocycles. The number of nitrogens with one attached hydrogen (secondary N) is 1. The molecule has 0 aliphatic heterocycles. The van der Waals surface area contributed by atoms with Crippen LogP contribution in [0.2, 0.25) is 0 Å². The van der Waals surface area contributed by atoms with Crippen molar-refractivity contribution < 1.29 is 4.79 Å². The maximum absolute atomic E-state index is 12.1. The van der Waals surface area contributed by atoms with Crippen molar-refractivity contribution >= 4 is 39.2 Å². The summed E-state index contributed by atoms with van der Waals surface area (Å²) < 4.78 is 1.02. The minimum absolute atomic E-state index is 0.0648. The van der Waals surface area contributed by atoms with Gasteiger partial charge in [0.1, 0.15) is 16.9 Å². The number of carbonyl (C=O) groups is 1. The van der Waals surface area contributed by atoms with E-state index in [9.17, 15) is 4.79 Å². The van der Waals surface area contributed by atoms with Crippen LogP contribution in [0.15, 0.2) is 22.8 Å². The highest BCUT2D eigenvalue weighted by Crippen LogP contribution is 2.28. The van der Waals surface area contributed by atoms with Crippen molar-refractivity contribution in [1.29, 1.82) is 0 Å². The van der Waals surface area contributed by atoms with Crippen LogP contribution in [0.1, 0.15) is 26.7 Å². The molecule has 0 aliphatic rings. The standard InChI is InChI=1S/C15H17N3OS2/c1-4-15(5-2,6-3)18-12(19)9-21-14-13-11(7-8-20-13)16-10-17-14/h1,7-8,10H,5-6,9H2,2-3H3,(H,18,19). The molecule has 1 N–H and O–H groups in total. The number of carbonyl (C=O) groups excluding carboxylic acids is 1. The first kappa shape index (κ1) is 15.8. The largest absolute Gasteiger partial charge is 0.339 e. The highest BCUT2D eigenvalue weighted by molar-refractivity contribution is 8.00. The summed E-state index contributed by atoms with van der Waals surface area (Å²) in [7, 11) is 0. The first-order valence-electron chi connectivity index (χ1n) is 6.74.